The lowest BCUT2D eigenvalue weighted by atomic mass is 9.66. The Morgan fingerprint density at radius 3 is 2.53 bits per heavy atom. The summed E-state index contributed by atoms with van der Waals surface area (Å²) in [7, 11) is 0. The van der Waals surface area contributed by atoms with Crippen LogP contribution in [0.2, 0.25) is 0 Å². The molecule has 17 heavy (non-hydrogen) atoms. The fraction of sp³-hybridized carbons (Fsp3) is 0.929. The molecule has 3 rings (SSSR count). The van der Waals surface area contributed by atoms with Crippen molar-refractivity contribution in [3.05, 3.63) is 0 Å². The molecule has 0 radical (unpaired) electrons. The summed E-state index contributed by atoms with van der Waals surface area (Å²) in [6, 6.07) is 2.52. The average Bonchev–Trinajstić information content (AvgIpc) is 2.99. The summed E-state index contributed by atoms with van der Waals surface area (Å²) in [5.74, 6) is 1.44. The predicted octanol–water partition coefficient (Wildman–Crippen LogP) is 2.10. The monoisotopic (exact) mass is 235 g/mol. The van der Waals surface area contributed by atoms with Gasteiger partial charge in [0.2, 0.25) is 0 Å². The van der Waals surface area contributed by atoms with Crippen LogP contribution in [0.4, 0.5) is 0 Å². The van der Waals surface area contributed by atoms with Gasteiger partial charge in [-0.2, -0.15) is 5.26 Å². The molecule has 4 atom stereocenters. The highest BCUT2D eigenvalue weighted by molar-refractivity contribution is 5.15. The number of aliphatic hydroxyl groups excluding tert-OH is 1. The Balaban J connectivity index is 1.78. The summed E-state index contributed by atoms with van der Waals surface area (Å²) in [5, 5.41) is 20.3. The van der Waals surface area contributed by atoms with Crippen molar-refractivity contribution in [1.29, 1.82) is 5.26 Å². The van der Waals surface area contributed by atoms with Crippen LogP contribution in [0.5, 0.6) is 0 Å². The Kier molecular flexibility index (Phi) is 2.88. The van der Waals surface area contributed by atoms with E-state index in [-0.39, 0.29) is 5.92 Å². The number of fused-ring (bicyclic) bond motifs is 2. The SMILES string of the molecule is N#CC1(C(O)C2CCOCC2)CC2CCC1C2. The van der Waals surface area contributed by atoms with Crippen molar-refractivity contribution in [2.24, 2.45) is 23.2 Å². The minimum Gasteiger partial charge on any atom is -0.391 e. The quantitative estimate of drug-likeness (QED) is 0.797. The molecule has 3 fully saturated rings. The molecule has 2 aliphatic carbocycles. The predicted molar refractivity (Wildman–Crippen MR) is 63.0 cm³/mol. The summed E-state index contributed by atoms with van der Waals surface area (Å²) in [6.45, 7) is 1.49. The molecule has 94 valence electrons. The summed E-state index contributed by atoms with van der Waals surface area (Å²) in [6.07, 6.45) is 5.95. The molecule has 0 aromatic heterocycles. The van der Waals surface area contributed by atoms with Gasteiger partial charge in [-0.1, -0.05) is 6.42 Å². The Morgan fingerprint density at radius 1 is 1.24 bits per heavy atom. The Bertz CT molecular complexity index is 332. The van der Waals surface area contributed by atoms with E-state index >= 15 is 0 Å². The molecule has 3 nitrogen and oxygen atoms in total. The van der Waals surface area contributed by atoms with Crippen LogP contribution < -0.4 is 0 Å². The van der Waals surface area contributed by atoms with E-state index in [0.29, 0.717) is 11.8 Å². The average molecular weight is 235 g/mol. The van der Waals surface area contributed by atoms with Gasteiger partial charge in [-0.15, -0.1) is 0 Å². The maximum absolute atomic E-state index is 10.7. The third kappa shape index (κ3) is 1.70. The first-order valence-corrected chi connectivity index (χ1v) is 6.93. The van der Waals surface area contributed by atoms with Gasteiger partial charge in [0.15, 0.2) is 0 Å². The molecular formula is C14H21NO2. The second-order valence-electron chi connectivity index (χ2n) is 6.13. The van der Waals surface area contributed by atoms with Gasteiger partial charge in [-0.3, -0.25) is 0 Å². The van der Waals surface area contributed by atoms with Crippen LogP contribution >= 0.6 is 0 Å². The molecule has 4 unspecified atom stereocenters. The minimum atomic E-state index is -0.426. The number of nitriles is 1. The molecule has 1 saturated heterocycles. The van der Waals surface area contributed by atoms with E-state index in [2.05, 4.69) is 6.07 Å². The Morgan fingerprint density at radius 2 is 2.00 bits per heavy atom. The second-order valence-corrected chi connectivity index (χ2v) is 6.13. The number of nitrogens with zero attached hydrogens (tertiary/aromatic N) is 1. The molecule has 3 aliphatic rings. The van der Waals surface area contributed by atoms with Gasteiger partial charge >= 0.3 is 0 Å². The van der Waals surface area contributed by atoms with Gasteiger partial charge < -0.3 is 9.84 Å². The fourth-order valence-electron chi connectivity index (χ4n) is 4.39. The zero-order chi connectivity index (χ0) is 11.9. The number of aliphatic hydroxyl groups is 1. The van der Waals surface area contributed by atoms with E-state index in [1.807, 2.05) is 0 Å². The lowest BCUT2D eigenvalue weighted by molar-refractivity contribution is -0.0565. The highest BCUT2D eigenvalue weighted by Gasteiger charge is 2.56. The zero-order valence-corrected chi connectivity index (χ0v) is 10.3. The second kappa shape index (κ2) is 4.26. The van der Waals surface area contributed by atoms with Gasteiger partial charge in [-0.05, 0) is 49.9 Å². The van der Waals surface area contributed by atoms with E-state index in [1.54, 1.807) is 0 Å². The topological polar surface area (TPSA) is 53.2 Å². The largest absolute Gasteiger partial charge is 0.391 e. The van der Waals surface area contributed by atoms with Crippen molar-refractivity contribution in [2.75, 3.05) is 13.2 Å². The van der Waals surface area contributed by atoms with Crippen molar-refractivity contribution in [3.8, 4) is 6.07 Å². The minimum absolute atomic E-state index is 0.280. The maximum atomic E-state index is 10.7. The Labute approximate surface area is 103 Å². The number of hydrogen-bond acceptors (Lipinski definition) is 3. The zero-order valence-electron chi connectivity index (χ0n) is 10.3. The first-order chi connectivity index (χ1) is 8.26. The number of ether oxygens (including phenoxy) is 1. The van der Waals surface area contributed by atoms with Crippen molar-refractivity contribution in [3.63, 3.8) is 0 Å². The standard InChI is InChI=1S/C14H21NO2/c15-9-14(8-10-1-2-12(14)7-10)13(16)11-3-5-17-6-4-11/h10-13,16H,1-8H2. The van der Waals surface area contributed by atoms with Gasteiger partial charge in [0.25, 0.3) is 0 Å². The summed E-state index contributed by atoms with van der Waals surface area (Å²) in [5.41, 5.74) is -0.426. The van der Waals surface area contributed by atoms with Gasteiger partial charge in [0.1, 0.15) is 0 Å². The molecular weight excluding hydrogens is 214 g/mol. The Hall–Kier alpha value is -0.590. The highest BCUT2D eigenvalue weighted by atomic mass is 16.5. The molecule has 0 aromatic rings. The van der Waals surface area contributed by atoms with Crippen LogP contribution in [-0.2, 0) is 4.74 Å². The van der Waals surface area contributed by atoms with E-state index in [0.717, 1.165) is 38.9 Å². The van der Waals surface area contributed by atoms with Crippen molar-refractivity contribution in [1.82, 2.24) is 0 Å². The molecule has 0 amide bonds. The number of hydrogen-bond donors (Lipinski definition) is 1. The van der Waals surface area contributed by atoms with Crippen LogP contribution in [0.25, 0.3) is 0 Å². The smallest absolute Gasteiger partial charge is 0.0865 e. The summed E-state index contributed by atoms with van der Waals surface area (Å²) >= 11 is 0. The third-order valence-electron chi connectivity index (χ3n) is 5.34. The van der Waals surface area contributed by atoms with E-state index in [4.69, 9.17) is 4.74 Å². The molecule has 2 saturated carbocycles. The fourth-order valence-corrected chi connectivity index (χ4v) is 4.39. The van der Waals surface area contributed by atoms with E-state index in [1.165, 1.54) is 12.8 Å². The van der Waals surface area contributed by atoms with Gasteiger partial charge in [-0.25, -0.2) is 0 Å². The first-order valence-electron chi connectivity index (χ1n) is 6.93. The van der Waals surface area contributed by atoms with Crippen LogP contribution in [0, 0.1) is 34.5 Å². The molecule has 0 aromatic carbocycles. The van der Waals surface area contributed by atoms with E-state index < -0.39 is 11.5 Å². The molecule has 1 aliphatic heterocycles. The maximum Gasteiger partial charge on any atom is 0.0865 e. The lowest BCUT2D eigenvalue weighted by Gasteiger charge is -2.40. The molecule has 1 heterocycles. The summed E-state index contributed by atoms with van der Waals surface area (Å²) < 4.78 is 5.35. The van der Waals surface area contributed by atoms with Gasteiger partial charge in [0.05, 0.1) is 17.6 Å². The lowest BCUT2D eigenvalue weighted by Crippen LogP contribution is -2.44. The molecule has 0 spiro atoms. The van der Waals surface area contributed by atoms with Crippen molar-refractivity contribution < 1.29 is 9.84 Å². The highest BCUT2D eigenvalue weighted by Crippen LogP contribution is 2.58. The molecule has 1 N–H and O–H groups in total. The summed E-state index contributed by atoms with van der Waals surface area (Å²) in [4.78, 5) is 0. The third-order valence-corrected chi connectivity index (χ3v) is 5.34. The number of rotatable bonds is 2. The molecule has 2 bridgehead atoms. The normalized spacial score (nSPS) is 43.5. The first kappa shape index (κ1) is 11.5. The van der Waals surface area contributed by atoms with E-state index in [9.17, 15) is 10.4 Å². The van der Waals surface area contributed by atoms with Crippen molar-refractivity contribution >= 4 is 0 Å². The molecule has 3 heteroatoms. The van der Waals surface area contributed by atoms with Gasteiger partial charge in [0, 0.05) is 13.2 Å². The van der Waals surface area contributed by atoms with Crippen LogP contribution in [0.1, 0.15) is 38.5 Å². The van der Waals surface area contributed by atoms with Crippen LogP contribution in [-0.4, -0.2) is 24.4 Å². The van der Waals surface area contributed by atoms with Crippen molar-refractivity contribution in [2.45, 2.75) is 44.6 Å². The van der Waals surface area contributed by atoms with Crippen LogP contribution in [0.3, 0.4) is 0 Å². The van der Waals surface area contributed by atoms with Crippen LogP contribution in [0.15, 0.2) is 0 Å².